The minimum atomic E-state index is -1.01. The quantitative estimate of drug-likeness (QED) is 0.535. The van der Waals surface area contributed by atoms with Crippen molar-refractivity contribution in [3.05, 3.63) is 99.6 Å². The van der Waals surface area contributed by atoms with Gasteiger partial charge in [-0.25, -0.2) is 23.7 Å². The van der Waals surface area contributed by atoms with Gasteiger partial charge in [-0.1, -0.05) is 12.1 Å². The Morgan fingerprint density at radius 2 is 1.87 bits per heavy atom. The highest BCUT2D eigenvalue weighted by Gasteiger charge is 2.14. The number of aryl methyl sites for hydroxylation is 1. The number of amides is 1. The van der Waals surface area contributed by atoms with E-state index in [1.807, 2.05) is 25.1 Å². The average molecular weight is 421 g/mol. The molecule has 1 N–H and O–H groups in total. The van der Waals surface area contributed by atoms with Crippen molar-refractivity contribution in [1.29, 1.82) is 0 Å². The maximum absolute atomic E-state index is 13.4. The van der Waals surface area contributed by atoms with Gasteiger partial charge in [0, 0.05) is 23.8 Å². The topological polar surface area (TPSA) is 89.8 Å². The van der Waals surface area contributed by atoms with Crippen LogP contribution in [0.2, 0.25) is 0 Å². The number of carbonyl (C=O) groups excluding carboxylic acids is 1. The Labute approximate surface area is 175 Å². The molecular formula is C22H17F2N5O2. The second-order valence-corrected chi connectivity index (χ2v) is 6.98. The summed E-state index contributed by atoms with van der Waals surface area (Å²) in [5.41, 5.74) is 2.09. The van der Waals surface area contributed by atoms with Crippen molar-refractivity contribution in [3.63, 3.8) is 0 Å². The van der Waals surface area contributed by atoms with E-state index in [1.165, 1.54) is 24.9 Å². The van der Waals surface area contributed by atoms with Gasteiger partial charge in [0.15, 0.2) is 11.6 Å². The predicted molar refractivity (Wildman–Crippen MR) is 109 cm³/mol. The molecule has 0 aliphatic heterocycles. The van der Waals surface area contributed by atoms with E-state index >= 15 is 0 Å². The van der Waals surface area contributed by atoms with Gasteiger partial charge in [0.25, 0.3) is 11.5 Å². The van der Waals surface area contributed by atoms with Gasteiger partial charge in [0.1, 0.15) is 11.9 Å². The summed E-state index contributed by atoms with van der Waals surface area (Å²) in [5, 5.41) is 3.58. The molecule has 2 aromatic heterocycles. The van der Waals surface area contributed by atoms with E-state index in [2.05, 4.69) is 20.3 Å². The number of hydrogen-bond donors (Lipinski definition) is 1. The Kier molecular flexibility index (Phi) is 5.48. The van der Waals surface area contributed by atoms with Gasteiger partial charge in [-0.05, 0) is 42.3 Å². The SMILES string of the molecule is Cc1ncnc2ccc(CNC(=O)c3cncn(Cc4ccc(F)c(F)c4)c3=O)cc12. The third-order valence-corrected chi connectivity index (χ3v) is 4.83. The van der Waals surface area contributed by atoms with Crippen molar-refractivity contribution < 1.29 is 13.6 Å². The number of fused-ring (bicyclic) bond motifs is 1. The molecule has 0 unspecified atom stereocenters. The first-order valence-corrected chi connectivity index (χ1v) is 9.39. The van der Waals surface area contributed by atoms with Crippen LogP contribution in [0.3, 0.4) is 0 Å². The van der Waals surface area contributed by atoms with E-state index < -0.39 is 23.1 Å². The summed E-state index contributed by atoms with van der Waals surface area (Å²) in [7, 11) is 0. The Hall–Kier alpha value is -4.01. The van der Waals surface area contributed by atoms with Crippen molar-refractivity contribution in [2.24, 2.45) is 0 Å². The van der Waals surface area contributed by atoms with Gasteiger partial charge < -0.3 is 5.32 Å². The fraction of sp³-hybridized carbons (Fsp3) is 0.136. The number of nitrogens with one attached hydrogen (secondary N) is 1. The molecule has 0 aliphatic rings. The van der Waals surface area contributed by atoms with Crippen molar-refractivity contribution in [1.82, 2.24) is 24.8 Å². The van der Waals surface area contributed by atoms with Crippen LogP contribution in [0, 0.1) is 18.6 Å². The molecule has 0 bridgehead atoms. The second-order valence-electron chi connectivity index (χ2n) is 6.98. The van der Waals surface area contributed by atoms with Crippen LogP contribution in [0.4, 0.5) is 8.78 Å². The Morgan fingerprint density at radius 1 is 1.06 bits per heavy atom. The molecule has 2 heterocycles. The smallest absolute Gasteiger partial charge is 0.266 e. The molecule has 0 radical (unpaired) electrons. The number of hydrogen-bond acceptors (Lipinski definition) is 5. The van der Waals surface area contributed by atoms with Gasteiger partial charge in [-0.3, -0.25) is 14.2 Å². The predicted octanol–water partition coefficient (Wildman–Crippen LogP) is 2.75. The van der Waals surface area contributed by atoms with Gasteiger partial charge in [-0.15, -0.1) is 0 Å². The molecule has 7 nitrogen and oxygen atoms in total. The number of halogens is 2. The molecule has 0 saturated carbocycles. The largest absolute Gasteiger partial charge is 0.348 e. The molecule has 1 amide bonds. The zero-order valence-electron chi connectivity index (χ0n) is 16.5. The molecule has 31 heavy (non-hydrogen) atoms. The number of rotatable bonds is 5. The van der Waals surface area contributed by atoms with E-state index in [4.69, 9.17) is 0 Å². The molecular weight excluding hydrogens is 404 g/mol. The highest BCUT2D eigenvalue weighted by atomic mass is 19.2. The first-order valence-electron chi connectivity index (χ1n) is 9.39. The third-order valence-electron chi connectivity index (χ3n) is 4.83. The van der Waals surface area contributed by atoms with E-state index in [0.717, 1.165) is 38.9 Å². The Morgan fingerprint density at radius 3 is 2.68 bits per heavy atom. The van der Waals surface area contributed by atoms with Gasteiger partial charge in [0.05, 0.1) is 18.4 Å². The first-order chi connectivity index (χ1) is 14.9. The molecule has 4 aromatic rings. The van der Waals surface area contributed by atoms with Crippen molar-refractivity contribution >= 4 is 16.8 Å². The second kappa shape index (κ2) is 8.39. The zero-order chi connectivity index (χ0) is 22.0. The molecule has 0 spiro atoms. The van der Waals surface area contributed by atoms with E-state index in [0.29, 0.717) is 5.56 Å². The van der Waals surface area contributed by atoms with E-state index in [1.54, 1.807) is 0 Å². The molecule has 0 atom stereocenters. The van der Waals surface area contributed by atoms with Crippen LogP contribution in [0.5, 0.6) is 0 Å². The van der Waals surface area contributed by atoms with Crippen LogP contribution in [0.25, 0.3) is 10.9 Å². The van der Waals surface area contributed by atoms with Gasteiger partial charge >= 0.3 is 0 Å². The van der Waals surface area contributed by atoms with Gasteiger partial charge in [0.2, 0.25) is 0 Å². The lowest BCUT2D eigenvalue weighted by molar-refractivity contribution is 0.0948. The highest BCUT2D eigenvalue weighted by molar-refractivity contribution is 5.93. The van der Waals surface area contributed by atoms with Crippen molar-refractivity contribution in [2.45, 2.75) is 20.0 Å². The van der Waals surface area contributed by atoms with Crippen LogP contribution in [0.1, 0.15) is 27.2 Å². The summed E-state index contributed by atoms with van der Waals surface area (Å²) in [6, 6.07) is 8.90. The molecule has 0 fully saturated rings. The lowest BCUT2D eigenvalue weighted by atomic mass is 10.1. The van der Waals surface area contributed by atoms with Crippen molar-refractivity contribution in [3.8, 4) is 0 Å². The van der Waals surface area contributed by atoms with Crippen molar-refractivity contribution in [2.75, 3.05) is 0 Å². The minimum Gasteiger partial charge on any atom is -0.348 e. The number of carbonyl (C=O) groups is 1. The lowest BCUT2D eigenvalue weighted by Crippen LogP contribution is -2.33. The molecule has 0 saturated heterocycles. The summed E-state index contributed by atoms with van der Waals surface area (Å²) in [4.78, 5) is 37.5. The monoisotopic (exact) mass is 421 g/mol. The first kappa shape index (κ1) is 20.3. The highest BCUT2D eigenvalue weighted by Crippen LogP contribution is 2.16. The third kappa shape index (κ3) is 4.30. The zero-order valence-corrected chi connectivity index (χ0v) is 16.5. The molecule has 156 valence electrons. The van der Waals surface area contributed by atoms with E-state index in [9.17, 15) is 18.4 Å². The standard InChI is InChI=1S/C22H17F2N5O2/c1-13-16-6-14(3-5-20(16)28-11-27-13)8-26-21(30)17-9-25-12-29(22(17)31)10-15-2-4-18(23)19(24)7-15/h2-7,9,11-12H,8,10H2,1H3,(H,26,30). The summed E-state index contributed by atoms with van der Waals surface area (Å²) in [6.45, 7) is 2.02. The Balaban J connectivity index is 1.51. The maximum atomic E-state index is 13.4. The number of aromatic nitrogens is 4. The number of nitrogens with zero attached hydrogens (tertiary/aromatic N) is 4. The minimum absolute atomic E-state index is 0.0475. The van der Waals surface area contributed by atoms with Gasteiger partial charge in [-0.2, -0.15) is 0 Å². The summed E-state index contributed by atoms with van der Waals surface area (Å²) in [6.07, 6.45) is 3.91. The molecule has 9 heteroatoms. The summed E-state index contributed by atoms with van der Waals surface area (Å²) < 4.78 is 27.7. The lowest BCUT2D eigenvalue weighted by Gasteiger charge is -2.09. The molecule has 2 aromatic carbocycles. The van der Waals surface area contributed by atoms with Crippen LogP contribution < -0.4 is 10.9 Å². The fourth-order valence-electron chi connectivity index (χ4n) is 3.17. The summed E-state index contributed by atoms with van der Waals surface area (Å²) in [5.74, 6) is -2.57. The fourth-order valence-corrected chi connectivity index (χ4v) is 3.17. The van der Waals surface area contributed by atoms with Crippen LogP contribution in [-0.2, 0) is 13.1 Å². The van der Waals surface area contributed by atoms with Crippen LogP contribution in [0.15, 0.2) is 60.0 Å². The molecule has 0 aliphatic carbocycles. The van der Waals surface area contributed by atoms with Crippen LogP contribution in [-0.4, -0.2) is 25.4 Å². The normalized spacial score (nSPS) is 10.9. The summed E-state index contributed by atoms with van der Waals surface area (Å²) >= 11 is 0. The van der Waals surface area contributed by atoms with Crippen LogP contribution >= 0.6 is 0 Å². The van der Waals surface area contributed by atoms with E-state index in [-0.39, 0.29) is 18.7 Å². The number of benzene rings is 2. The maximum Gasteiger partial charge on any atom is 0.266 e. The Bertz CT molecular complexity index is 1350. The molecule has 4 rings (SSSR count). The average Bonchev–Trinajstić information content (AvgIpc) is 2.76.